The van der Waals surface area contributed by atoms with Crippen molar-refractivity contribution in [1.29, 1.82) is 0 Å². The molecule has 1 saturated carbocycles. The van der Waals surface area contributed by atoms with Gasteiger partial charge in [0.05, 0.1) is 22.3 Å². The SMILES string of the molecule is CCOC[C@]1(N)C[C@H]1S(=O)(=O)c1ccccc1. The third-order valence-corrected chi connectivity index (χ3v) is 5.38. The minimum atomic E-state index is -3.31. The summed E-state index contributed by atoms with van der Waals surface area (Å²) in [6.45, 7) is 2.73. The van der Waals surface area contributed by atoms with Gasteiger partial charge in [0, 0.05) is 6.61 Å². The van der Waals surface area contributed by atoms with Crippen LogP contribution in [0.3, 0.4) is 0 Å². The van der Waals surface area contributed by atoms with E-state index in [0.717, 1.165) is 0 Å². The minimum Gasteiger partial charge on any atom is -0.380 e. The first-order chi connectivity index (χ1) is 8.00. The number of ether oxygens (including phenoxy) is 1. The summed E-state index contributed by atoms with van der Waals surface area (Å²) in [5.41, 5.74) is 5.29. The van der Waals surface area contributed by atoms with Crippen molar-refractivity contribution in [3.8, 4) is 0 Å². The maximum absolute atomic E-state index is 12.2. The summed E-state index contributed by atoms with van der Waals surface area (Å²) in [6, 6.07) is 8.44. The van der Waals surface area contributed by atoms with E-state index in [9.17, 15) is 8.42 Å². The van der Waals surface area contributed by atoms with Gasteiger partial charge in [-0.15, -0.1) is 0 Å². The Bertz CT molecular complexity index is 486. The van der Waals surface area contributed by atoms with Crippen LogP contribution in [-0.4, -0.2) is 32.4 Å². The third-order valence-electron chi connectivity index (χ3n) is 3.07. The number of nitrogens with two attached hydrogens (primary N) is 1. The van der Waals surface area contributed by atoms with Crippen molar-refractivity contribution in [3.05, 3.63) is 30.3 Å². The third kappa shape index (κ3) is 2.36. The molecule has 0 aliphatic heterocycles. The van der Waals surface area contributed by atoms with E-state index in [1.54, 1.807) is 30.3 Å². The summed E-state index contributed by atoms with van der Waals surface area (Å²) in [5, 5.41) is -0.510. The Balaban J connectivity index is 2.15. The van der Waals surface area contributed by atoms with Crippen LogP contribution in [0.1, 0.15) is 13.3 Å². The van der Waals surface area contributed by atoms with Crippen molar-refractivity contribution in [1.82, 2.24) is 0 Å². The van der Waals surface area contributed by atoms with Crippen molar-refractivity contribution >= 4 is 9.84 Å². The summed E-state index contributed by atoms with van der Waals surface area (Å²) in [6.07, 6.45) is 0.476. The molecule has 2 atom stereocenters. The lowest BCUT2D eigenvalue weighted by Crippen LogP contribution is -2.35. The molecular formula is C12H17NO3S. The van der Waals surface area contributed by atoms with E-state index in [2.05, 4.69) is 0 Å². The van der Waals surface area contributed by atoms with Crippen LogP contribution in [0, 0.1) is 0 Å². The fraction of sp³-hybridized carbons (Fsp3) is 0.500. The van der Waals surface area contributed by atoms with Gasteiger partial charge in [-0.2, -0.15) is 0 Å². The second kappa shape index (κ2) is 4.40. The average Bonchev–Trinajstić information content (AvgIpc) is 3.02. The van der Waals surface area contributed by atoms with Crippen LogP contribution < -0.4 is 5.73 Å². The standard InChI is InChI=1S/C12H17NO3S/c1-2-16-9-12(13)8-11(12)17(14,15)10-6-4-3-5-7-10/h3-7,11H,2,8-9,13H2,1H3/t11-,12-/m1/s1. The van der Waals surface area contributed by atoms with Crippen LogP contribution in [0.5, 0.6) is 0 Å². The first-order valence-corrected chi connectivity index (χ1v) is 7.21. The van der Waals surface area contributed by atoms with Gasteiger partial charge in [-0.3, -0.25) is 0 Å². The molecule has 0 spiro atoms. The first-order valence-electron chi connectivity index (χ1n) is 5.66. The van der Waals surface area contributed by atoms with Gasteiger partial charge >= 0.3 is 0 Å². The van der Waals surface area contributed by atoms with E-state index in [0.29, 0.717) is 24.5 Å². The fourth-order valence-electron chi connectivity index (χ4n) is 1.92. The van der Waals surface area contributed by atoms with Crippen LogP contribution in [0.2, 0.25) is 0 Å². The molecule has 1 aromatic rings. The summed E-state index contributed by atoms with van der Waals surface area (Å²) in [4.78, 5) is 0.342. The van der Waals surface area contributed by atoms with E-state index in [1.165, 1.54) is 0 Å². The summed E-state index contributed by atoms with van der Waals surface area (Å²) in [7, 11) is -3.31. The molecule has 2 rings (SSSR count). The molecule has 4 nitrogen and oxygen atoms in total. The van der Waals surface area contributed by atoms with E-state index in [1.807, 2.05) is 6.92 Å². The molecular weight excluding hydrogens is 238 g/mol. The molecule has 0 radical (unpaired) electrons. The normalized spacial score (nSPS) is 28.0. The van der Waals surface area contributed by atoms with Crippen molar-refractivity contribution in [2.75, 3.05) is 13.2 Å². The maximum atomic E-state index is 12.2. The molecule has 0 saturated heterocycles. The Hall–Kier alpha value is -0.910. The molecule has 1 aliphatic carbocycles. The number of rotatable bonds is 5. The molecule has 0 unspecified atom stereocenters. The molecule has 17 heavy (non-hydrogen) atoms. The zero-order valence-electron chi connectivity index (χ0n) is 9.80. The fourth-order valence-corrected chi connectivity index (χ4v) is 4.00. The summed E-state index contributed by atoms with van der Waals surface area (Å²) in [5.74, 6) is 0. The quantitative estimate of drug-likeness (QED) is 0.851. The second-order valence-corrected chi connectivity index (χ2v) is 6.55. The van der Waals surface area contributed by atoms with Gasteiger partial charge in [-0.25, -0.2) is 8.42 Å². The minimum absolute atomic E-state index is 0.306. The average molecular weight is 255 g/mol. The predicted octanol–water partition coefficient (Wildman–Crippen LogP) is 0.967. The van der Waals surface area contributed by atoms with Crippen molar-refractivity contribution in [2.45, 2.75) is 29.0 Å². The van der Waals surface area contributed by atoms with Crippen molar-refractivity contribution < 1.29 is 13.2 Å². The van der Waals surface area contributed by atoms with Crippen LogP contribution in [0.25, 0.3) is 0 Å². The molecule has 1 aliphatic rings. The highest BCUT2D eigenvalue weighted by Crippen LogP contribution is 2.42. The van der Waals surface area contributed by atoms with Gasteiger partial charge in [-0.1, -0.05) is 18.2 Å². The predicted molar refractivity (Wildman–Crippen MR) is 65.4 cm³/mol. The molecule has 1 aromatic carbocycles. The van der Waals surface area contributed by atoms with Gasteiger partial charge < -0.3 is 10.5 Å². The largest absolute Gasteiger partial charge is 0.380 e. The zero-order valence-corrected chi connectivity index (χ0v) is 10.6. The number of hydrogen-bond donors (Lipinski definition) is 1. The Morgan fingerprint density at radius 3 is 2.65 bits per heavy atom. The van der Waals surface area contributed by atoms with Crippen LogP contribution in [-0.2, 0) is 14.6 Å². The molecule has 94 valence electrons. The monoisotopic (exact) mass is 255 g/mol. The van der Waals surface area contributed by atoms with Crippen LogP contribution in [0.4, 0.5) is 0 Å². The van der Waals surface area contributed by atoms with E-state index in [-0.39, 0.29) is 0 Å². The summed E-state index contributed by atoms with van der Waals surface area (Å²) >= 11 is 0. The zero-order chi connectivity index (χ0) is 12.5. The Morgan fingerprint density at radius 2 is 2.06 bits per heavy atom. The van der Waals surface area contributed by atoms with Crippen LogP contribution in [0.15, 0.2) is 35.2 Å². The number of sulfone groups is 1. The lowest BCUT2D eigenvalue weighted by atomic mass is 10.3. The molecule has 1 fully saturated rings. The Kier molecular flexibility index (Phi) is 3.25. The first kappa shape index (κ1) is 12.5. The van der Waals surface area contributed by atoms with Gasteiger partial charge in [0.15, 0.2) is 9.84 Å². The van der Waals surface area contributed by atoms with Gasteiger partial charge in [0.1, 0.15) is 0 Å². The molecule has 0 heterocycles. The molecule has 2 N–H and O–H groups in total. The lowest BCUT2D eigenvalue weighted by molar-refractivity contribution is 0.127. The van der Waals surface area contributed by atoms with Gasteiger partial charge in [0.25, 0.3) is 0 Å². The molecule has 0 aromatic heterocycles. The van der Waals surface area contributed by atoms with Crippen molar-refractivity contribution in [2.24, 2.45) is 5.73 Å². The number of benzene rings is 1. The van der Waals surface area contributed by atoms with Crippen LogP contribution >= 0.6 is 0 Å². The molecule has 0 bridgehead atoms. The smallest absolute Gasteiger partial charge is 0.183 e. The van der Waals surface area contributed by atoms with Gasteiger partial charge in [0.2, 0.25) is 0 Å². The summed E-state index contributed by atoms with van der Waals surface area (Å²) < 4.78 is 29.7. The highest BCUT2D eigenvalue weighted by atomic mass is 32.2. The lowest BCUT2D eigenvalue weighted by Gasteiger charge is -2.11. The Labute approximate surface area is 102 Å². The Morgan fingerprint density at radius 1 is 1.41 bits per heavy atom. The highest BCUT2D eigenvalue weighted by Gasteiger charge is 2.59. The topological polar surface area (TPSA) is 69.4 Å². The number of hydrogen-bond acceptors (Lipinski definition) is 4. The van der Waals surface area contributed by atoms with E-state index >= 15 is 0 Å². The van der Waals surface area contributed by atoms with E-state index < -0.39 is 20.6 Å². The highest BCUT2D eigenvalue weighted by molar-refractivity contribution is 7.92. The molecule has 0 amide bonds. The van der Waals surface area contributed by atoms with Gasteiger partial charge in [-0.05, 0) is 25.5 Å². The van der Waals surface area contributed by atoms with E-state index in [4.69, 9.17) is 10.5 Å². The van der Waals surface area contributed by atoms with Crippen molar-refractivity contribution in [3.63, 3.8) is 0 Å². The molecule has 5 heteroatoms. The maximum Gasteiger partial charge on any atom is 0.183 e. The second-order valence-electron chi connectivity index (χ2n) is 4.42.